The molecule has 0 aromatic carbocycles. The van der Waals surface area contributed by atoms with E-state index in [1.807, 2.05) is 6.08 Å². The van der Waals surface area contributed by atoms with Crippen LogP contribution in [0.5, 0.6) is 0 Å². The van der Waals surface area contributed by atoms with Crippen LogP contribution in [0.15, 0.2) is 12.2 Å². The number of ether oxygens (including phenoxy) is 1. The Bertz CT molecular complexity index is 337. The first-order valence-electron chi connectivity index (χ1n) is 6.70. The third kappa shape index (κ3) is 2.99. The van der Waals surface area contributed by atoms with Gasteiger partial charge in [0.15, 0.2) is 0 Å². The molecule has 2 rings (SSSR count). The molecule has 18 heavy (non-hydrogen) atoms. The Balaban J connectivity index is 1.71. The number of hydrogen-bond donors (Lipinski definition) is 1. The summed E-state index contributed by atoms with van der Waals surface area (Å²) in [7, 11) is 0. The van der Waals surface area contributed by atoms with Crippen LogP contribution in [0.2, 0.25) is 0 Å². The van der Waals surface area contributed by atoms with Crippen LogP contribution in [0.4, 0.5) is 0 Å². The molecule has 0 aliphatic carbocycles. The fraction of sp³-hybridized carbons (Fsp3) is 0.714. The quantitative estimate of drug-likeness (QED) is 0.428. The van der Waals surface area contributed by atoms with Gasteiger partial charge >= 0.3 is 5.97 Å². The number of allylic oxidation sites excluding steroid dienone is 2. The lowest BCUT2D eigenvalue weighted by Crippen LogP contribution is -2.27. The Labute approximate surface area is 107 Å². The van der Waals surface area contributed by atoms with E-state index in [1.54, 1.807) is 0 Å². The average molecular weight is 252 g/mol. The van der Waals surface area contributed by atoms with Crippen molar-refractivity contribution in [3.8, 4) is 0 Å². The van der Waals surface area contributed by atoms with Crippen LogP contribution >= 0.6 is 0 Å². The molecule has 4 atom stereocenters. The van der Waals surface area contributed by atoms with Crippen molar-refractivity contribution in [2.75, 3.05) is 0 Å². The molecule has 2 heterocycles. The topological polar surface area (TPSA) is 63.6 Å². The van der Waals surface area contributed by atoms with E-state index in [-0.39, 0.29) is 24.5 Å². The normalized spacial score (nSPS) is 34.2. The third-order valence-corrected chi connectivity index (χ3v) is 3.98. The zero-order valence-electron chi connectivity index (χ0n) is 10.5. The molecule has 0 saturated carbocycles. The predicted molar refractivity (Wildman–Crippen MR) is 66.2 cm³/mol. The Hall–Kier alpha value is -1.16. The van der Waals surface area contributed by atoms with Crippen LogP contribution in [0.1, 0.15) is 38.5 Å². The highest BCUT2D eigenvalue weighted by Crippen LogP contribution is 2.44. The molecule has 0 unspecified atom stereocenters. The Kier molecular flexibility index (Phi) is 4.53. The van der Waals surface area contributed by atoms with Crippen LogP contribution in [0.3, 0.4) is 0 Å². The van der Waals surface area contributed by atoms with Gasteiger partial charge in [0.1, 0.15) is 6.29 Å². The minimum absolute atomic E-state index is 0.0624. The van der Waals surface area contributed by atoms with E-state index in [1.165, 1.54) is 0 Å². The van der Waals surface area contributed by atoms with Gasteiger partial charge in [-0.15, -0.1) is 0 Å². The van der Waals surface area contributed by atoms with Crippen molar-refractivity contribution in [2.24, 2.45) is 11.8 Å². The zero-order valence-corrected chi connectivity index (χ0v) is 10.5. The second-order valence-electron chi connectivity index (χ2n) is 5.16. The molecular formula is C14H20O4. The third-order valence-electron chi connectivity index (χ3n) is 3.98. The number of aliphatic carboxylic acids is 1. The summed E-state index contributed by atoms with van der Waals surface area (Å²) in [4.78, 5) is 21.4. The molecule has 100 valence electrons. The van der Waals surface area contributed by atoms with Crippen LogP contribution in [0.25, 0.3) is 0 Å². The van der Waals surface area contributed by atoms with Crippen LogP contribution in [0, 0.1) is 11.8 Å². The van der Waals surface area contributed by atoms with Gasteiger partial charge in [0.2, 0.25) is 0 Å². The molecule has 0 aromatic heterocycles. The SMILES string of the molecule is O=C[C@@H]1[C@H](C/C=C\CCCC(=O)O)[C@@H]2CC[C@H]1O2. The van der Waals surface area contributed by atoms with Gasteiger partial charge in [-0.05, 0) is 32.1 Å². The molecule has 4 heteroatoms. The summed E-state index contributed by atoms with van der Waals surface area (Å²) >= 11 is 0. The van der Waals surface area contributed by atoms with Gasteiger partial charge in [0.25, 0.3) is 0 Å². The van der Waals surface area contributed by atoms with E-state index in [0.29, 0.717) is 12.3 Å². The second-order valence-corrected chi connectivity index (χ2v) is 5.16. The smallest absolute Gasteiger partial charge is 0.303 e. The summed E-state index contributed by atoms with van der Waals surface area (Å²) in [5.41, 5.74) is 0. The Morgan fingerprint density at radius 2 is 2.06 bits per heavy atom. The summed E-state index contributed by atoms with van der Waals surface area (Å²) in [5.74, 6) is -0.352. The minimum atomic E-state index is -0.745. The van der Waals surface area contributed by atoms with Crippen LogP contribution in [-0.4, -0.2) is 29.6 Å². The van der Waals surface area contributed by atoms with E-state index in [2.05, 4.69) is 6.08 Å². The van der Waals surface area contributed by atoms with Crippen molar-refractivity contribution >= 4 is 12.3 Å². The maximum atomic E-state index is 11.0. The maximum absolute atomic E-state index is 11.0. The average Bonchev–Trinajstić information content (AvgIpc) is 2.93. The molecule has 2 fully saturated rings. The number of hydrogen-bond acceptors (Lipinski definition) is 3. The number of unbranched alkanes of at least 4 members (excludes halogenated alkanes) is 1. The van der Waals surface area contributed by atoms with E-state index in [0.717, 1.165) is 32.0 Å². The van der Waals surface area contributed by atoms with Crippen molar-refractivity contribution in [2.45, 2.75) is 50.7 Å². The molecule has 4 nitrogen and oxygen atoms in total. The number of rotatable bonds is 7. The summed E-state index contributed by atoms with van der Waals surface area (Å²) in [6, 6.07) is 0. The summed E-state index contributed by atoms with van der Waals surface area (Å²) in [5, 5.41) is 8.50. The number of carbonyl (C=O) groups is 2. The number of carbonyl (C=O) groups excluding carboxylic acids is 1. The number of carboxylic acids is 1. The van der Waals surface area contributed by atoms with Crippen molar-refractivity contribution in [3.05, 3.63) is 12.2 Å². The first kappa shape index (κ1) is 13.3. The van der Waals surface area contributed by atoms with Gasteiger partial charge in [-0.3, -0.25) is 4.79 Å². The molecule has 0 spiro atoms. The molecule has 0 radical (unpaired) electrons. The molecule has 2 aliphatic rings. The molecule has 0 aromatic rings. The van der Waals surface area contributed by atoms with Gasteiger partial charge in [-0.1, -0.05) is 12.2 Å². The van der Waals surface area contributed by atoms with Crippen LogP contribution in [-0.2, 0) is 14.3 Å². The van der Waals surface area contributed by atoms with Crippen molar-refractivity contribution in [1.82, 2.24) is 0 Å². The maximum Gasteiger partial charge on any atom is 0.303 e. The lowest BCUT2D eigenvalue weighted by Gasteiger charge is -2.22. The molecule has 1 N–H and O–H groups in total. The highest BCUT2D eigenvalue weighted by Gasteiger charge is 2.47. The highest BCUT2D eigenvalue weighted by molar-refractivity contribution is 5.66. The van der Waals surface area contributed by atoms with Gasteiger partial charge in [0, 0.05) is 18.3 Å². The van der Waals surface area contributed by atoms with E-state index >= 15 is 0 Å². The zero-order chi connectivity index (χ0) is 13.0. The summed E-state index contributed by atoms with van der Waals surface area (Å²) < 4.78 is 5.76. The number of aldehydes is 1. The highest BCUT2D eigenvalue weighted by atomic mass is 16.5. The molecule has 2 aliphatic heterocycles. The second kappa shape index (κ2) is 6.14. The number of fused-ring (bicyclic) bond motifs is 2. The Morgan fingerprint density at radius 1 is 1.28 bits per heavy atom. The first-order chi connectivity index (χ1) is 8.72. The standard InChI is InChI=1S/C14H20O4/c15-9-11-10(12-7-8-13(11)18-12)5-3-1-2-4-6-14(16)17/h1,3,9-13H,2,4-8H2,(H,16,17)/b3-1-/t10-,11+,12-,13+/m0/s1. The van der Waals surface area contributed by atoms with Gasteiger partial charge < -0.3 is 14.6 Å². The lowest BCUT2D eigenvalue weighted by atomic mass is 9.78. The molecule has 0 amide bonds. The van der Waals surface area contributed by atoms with Gasteiger partial charge in [-0.25, -0.2) is 0 Å². The van der Waals surface area contributed by atoms with E-state index in [9.17, 15) is 9.59 Å². The van der Waals surface area contributed by atoms with Crippen molar-refractivity contribution in [3.63, 3.8) is 0 Å². The molecule has 2 bridgehead atoms. The van der Waals surface area contributed by atoms with Gasteiger partial charge in [-0.2, -0.15) is 0 Å². The van der Waals surface area contributed by atoms with E-state index in [4.69, 9.17) is 9.84 Å². The molecular weight excluding hydrogens is 232 g/mol. The summed E-state index contributed by atoms with van der Waals surface area (Å²) in [6.07, 6.45) is 10.2. The minimum Gasteiger partial charge on any atom is -0.481 e. The fourth-order valence-corrected chi connectivity index (χ4v) is 3.05. The first-order valence-corrected chi connectivity index (χ1v) is 6.70. The largest absolute Gasteiger partial charge is 0.481 e. The Morgan fingerprint density at radius 3 is 2.78 bits per heavy atom. The summed E-state index contributed by atoms with van der Waals surface area (Å²) in [6.45, 7) is 0. The predicted octanol–water partition coefficient (Wildman–Crippen LogP) is 2.18. The van der Waals surface area contributed by atoms with Crippen molar-refractivity contribution in [1.29, 1.82) is 0 Å². The fourth-order valence-electron chi connectivity index (χ4n) is 3.05. The molecule has 2 saturated heterocycles. The van der Waals surface area contributed by atoms with Gasteiger partial charge in [0.05, 0.1) is 12.2 Å². The lowest BCUT2D eigenvalue weighted by molar-refractivity contribution is -0.137. The van der Waals surface area contributed by atoms with Crippen molar-refractivity contribution < 1.29 is 19.4 Å². The number of carboxylic acid groups (broad SMARTS) is 1. The van der Waals surface area contributed by atoms with Crippen LogP contribution < -0.4 is 0 Å². The monoisotopic (exact) mass is 252 g/mol. The van der Waals surface area contributed by atoms with E-state index < -0.39 is 5.97 Å².